The Bertz CT molecular complexity index is 504. The molecular weight excluding hydrogens is 242 g/mol. The van der Waals surface area contributed by atoms with Crippen LogP contribution in [0.1, 0.15) is 25.8 Å². The summed E-state index contributed by atoms with van der Waals surface area (Å²) >= 11 is 1.81. The van der Waals surface area contributed by atoms with Crippen molar-refractivity contribution in [3.63, 3.8) is 0 Å². The Balaban J connectivity index is 1.94. The van der Waals surface area contributed by atoms with Gasteiger partial charge in [0.1, 0.15) is 0 Å². The lowest BCUT2D eigenvalue weighted by molar-refractivity contribution is 0.232. The minimum absolute atomic E-state index is 0.0145. The molecule has 0 bridgehead atoms. The summed E-state index contributed by atoms with van der Waals surface area (Å²) in [5.41, 5.74) is 1.43. The first-order chi connectivity index (χ1) is 8.62. The third-order valence-electron chi connectivity index (χ3n) is 3.30. The van der Waals surface area contributed by atoms with Crippen LogP contribution in [0.25, 0.3) is 10.1 Å². The van der Waals surface area contributed by atoms with Gasteiger partial charge in [0.05, 0.1) is 0 Å². The van der Waals surface area contributed by atoms with Gasteiger partial charge in [-0.2, -0.15) is 0 Å². The summed E-state index contributed by atoms with van der Waals surface area (Å²) < 4.78 is 1.36. The number of hydrogen-bond acceptors (Lipinski definition) is 3. The molecule has 0 spiro atoms. The lowest BCUT2D eigenvalue weighted by atomic mass is 10.0. The highest BCUT2D eigenvalue weighted by Gasteiger charge is 2.15. The quantitative estimate of drug-likeness (QED) is 0.839. The van der Waals surface area contributed by atoms with Crippen molar-refractivity contribution in [2.24, 2.45) is 0 Å². The fraction of sp³-hybridized carbons (Fsp3) is 0.467. The highest BCUT2D eigenvalue weighted by Crippen LogP contribution is 2.25. The number of benzene rings is 1. The van der Waals surface area contributed by atoms with Gasteiger partial charge >= 0.3 is 0 Å². The van der Waals surface area contributed by atoms with E-state index < -0.39 is 0 Å². The van der Waals surface area contributed by atoms with E-state index in [1.54, 1.807) is 0 Å². The molecule has 3 heteroatoms. The van der Waals surface area contributed by atoms with Gasteiger partial charge in [0.25, 0.3) is 0 Å². The fourth-order valence-corrected chi connectivity index (χ4v) is 3.13. The number of aliphatic hydroxyl groups is 1. The van der Waals surface area contributed by atoms with Gasteiger partial charge < -0.3 is 10.4 Å². The third kappa shape index (κ3) is 3.31. The molecule has 0 saturated heterocycles. The Kier molecular flexibility index (Phi) is 4.38. The molecule has 2 N–H and O–H groups in total. The Morgan fingerprint density at radius 3 is 2.83 bits per heavy atom. The predicted molar refractivity (Wildman–Crippen MR) is 79.3 cm³/mol. The Labute approximate surface area is 113 Å². The summed E-state index contributed by atoms with van der Waals surface area (Å²) in [5, 5.41) is 16.1. The zero-order chi connectivity index (χ0) is 13.0. The maximum Gasteiger partial charge on any atom is 0.0448 e. The minimum atomic E-state index is 0.0145. The van der Waals surface area contributed by atoms with Gasteiger partial charge in [-0.05, 0) is 55.6 Å². The van der Waals surface area contributed by atoms with Crippen LogP contribution in [0.5, 0.6) is 0 Å². The van der Waals surface area contributed by atoms with Crippen molar-refractivity contribution in [2.75, 3.05) is 13.2 Å². The summed E-state index contributed by atoms with van der Waals surface area (Å²) in [6, 6.07) is 8.56. The molecule has 0 amide bonds. The standard InChI is InChI=1S/C15H21NOS/c1-15(2,8-10-17)16-9-7-12-11-18-14-6-4-3-5-13(12)14/h3-6,11,16-17H,7-10H2,1-2H3. The van der Waals surface area contributed by atoms with Crippen LogP contribution in [0.15, 0.2) is 29.6 Å². The highest BCUT2D eigenvalue weighted by atomic mass is 32.1. The smallest absolute Gasteiger partial charge is 0.0448 e. The Hall–Kier alpha value is -0.900. The summed E-state index contributed by atoms with van der Waals surface area (Å²) in [5.74, 6) is 0. The fourth-order valence-electron chi connectivity index (χ4n) is 2.13. The molecule has 2 nitrogen and oxygen atoms in total. The second-order valence-corrected chi connectivity index (χ2v) is 6.20. The molecule has 0 fully saturated rings. The third-order valence-corrected chi connectivity index (χ3v) is 4.31. The van der Waals surface area contributed by atoms with E-state index in [1.165, 1.54) is 15.6 Å². The Morgan fingerprint density at radius 2 is 2.06 bits per heavy atom. The van der Waals surface area contributed by atoms with E-state index >= 15 is 0 Å². The van der Waals surface area contributed by atoms with E-state index in [-0.39, 0.29) is 12.1 Å². The number of nitrogens with one attached hydrogen (secondary N) is 1. The molecule has 1 aromatic heterocycles. The number of aliphatic hydroxyl groups excluding tert-OH is 1. The molecule has 2 aromatic rings. The van der Waals surface area contributed by atoms with Gasteiger partial charge in [-0.15, -0.1) is 11.3 Å². The SMILES string of the molecule is CC(C)(CCO)NCCc1csc2ccccc12. The average Bonchev–Trinajstić information content (AvgIpc) is 2.73. The zero-order valence-corrected chi connectivity index (χ0v) is 11.9. The molecule has 0 radical (unpaired) electrons. The number of fused-ring (bicyclic) bond motifs is 1. The summed E-state index contributed by atoms with van der Waals surface area (Å²) in [6.07, 6.45) is 1.83. The van der Waals surface area contributed by atoms with E-state index in [2.05, 4.69) is 48.8 Å². The molecular formula is C15H21NOS. The molecule has 0 aliphatic carbocycles. The van der Waals surface area contributed by atoms with E-state index in [0.717, 1.165) is 19.4 Å². The minimum Gasteiger partial charge on any atom is -0.396 e. The molecule has 0 aliphatic rings. The molecule has 0 atom stereocenters. The first-order valence-corrected chi connectivity index (χ1v) is 7.31. The van der Waals surface area contributed by atoms with E-state index in [0.29, 0.717) is 0 Å². The highest BCUT2D eigenvalue weighted by molar-refractivity contribution is 7.17. The van der Waals surface area contributed by atoms with Crippen molar-refractivity contribution >= 4 is 21.4 Å². The lowest BCUT2D eigenvalue weighted by Gasteiger charge is -2.25. The second kappa shape index (κ2) is 5.83. The van der Waals surface area contributed by atoms with Crippen LogP contribution in [-0.2, 0) is 6.42 Å². The number of hydrogen-bond donors (Lipinski definition) is 2. The van der Waals surface area contributed by atoms with Gasteiger partial charge in [-0.1, -0.05) is 18.2 Å². The molecule has 0 aliphatic heterocycles. The van der Waals surface area contributed by atoms with E-state index in [1.807, 2.05) is 11.3 Å². The molecule has 1 heterocycles. The van der Waals surface area contributed by atoms with Gasteiger partial charge in [0, 0.05) is 16.8 Å². The summed E-state index contributed by atoms with van der Waals surface area (Å²) in [4.78, 5) is 0. The monoisotopic (exact) mass is 263 g/mol. The van der Waals surface area contributed by atoms with Gasteiger partial charge in [0.2, 0.25) is 0 Å². The molecule has 98 valence electrons. The second-order valence-electron chi connectivity index (χ2n) is 5.29. The summed E-state index contributed by atoms with van der Waals surface area (Å²) in [7, 11) is 0. The molecule has 18 heavy (non-hydrogen) atoms. The zero-order valence-electron chi connectivity index (χ0n) is 11.1. The average molecular weight is 263 g/mol. The van der Waals surface area contributed by atoms with Crippen LogP contribution in [0.3, 0.4) is 0 Å². The molecule has 1 aromatic carbocycles. The van der Waals surface area contributed by atoms with Crippen molar-refractivity contribution < 1.29 is 5.11 Å². The Morgan fingerprint density at radius 1 is 1.28 bits per heavy atom. The van der Waals surface area contributed by atoms with E-state index in [9.17, 15) is 0 Å². The van der Waals surface area contributed by atoms with Gasteiger partial charge in [-0.3, -0.25) is 0 Å². The summed E-state index contributed by atoms with van der Waals surface area (Å²) in [6.45, 7) is 5.46. The van der Waals surface area contributed by atoms with Gasteiger partial charge in [0.15, 0.2) is 0 Å². The van der Waals surface area contributed by atoms with Crippen LogP contribution in [0.2, 0.25) is 0 Å². The van der Waals surface area contributed by atoms with Crippen LogP contribution >= 0.6 is 11.3 Å². The van der Waals surface area contributed by atoms with E-state index in [4.69, 9.17) is 5.11 Å². The molecule has 2 rings (SSSR count). The maximum atomic E-state index is 8.99. The first-order valence-electron chi connectivity index (χ1n) is 6.43. The van der Waals surface area contributed by atoms with Crippen LogP contribution in [-0.4, -0.2) is 23.8 Å². The van der Waals surface area contributed by atoms with Crippen LogP contribution in [0.4, 0.5) is 0 Å². The molecule has 0 unspecified atom stereocenters. The van der Waals surface area contributed by atoms with Crippen LogP contribution in [0, 0.1) is 0 Å². The lowest BCUT2D eigenvalue weighted by Crippen LogP contribution is -2.41. The van der Waals surface area contributed by atoms with Crippen molar-refractivity contribution in [3.8, 4) is 0 Å². The van der Waals surface area contributed by atoms with Crippen molar-refractivity contribution in [1.82, 2.24) is 5.32 Å². The molecule has 0 saturated carbocycles. The van der Waals surface area contributed by atoms with Crippen molar-refractivity contribution in [3.05, 3.63) is 35.2 Å². The topological polar surface area (TPSA) is 32.3 Å². The van der Waals surface area contributed by atoms with Crippen LogP contribution < -0.4 is 5.32 Å². The maximum absolute atomic E-state index is 8.99. The normalized spacial score (nSPS) is 12.2. The number of thiophene rings is 1. The largest absolute Gasteiger partial charge is 0.396 e. The van der Waals surface area contributed by atoms with Crippen molar-refractivity contribution in [1.29, 1.82) is 0 Å². The number of rotatable bonds is 6. The van der Waals surface area contributed by atoms with Gasteiger partial charge in [-0.25, -0.2) is 0 Å². The predicted octanol–water partition coefficient (Wildman–Crippen LogP) is 3.19. The van der Waals surface area contributed by atoms with Crippen molar-refractivity contribution in [2.45, 2.75) is 32.2 Å². The first kappa shape index (κ1) is 13.5.